The van der Waals surface area contributed by atoms with Gasteiger partial charge in [0, 0.05) is 43.4 Å². The quantitative estimate of drug-likeness (QED) is 0.764. The molecule has 6 nitrogen and oxygen atoms in total. The number of pyridine rings is 1. The van der Waals surface area contributed by atoms with Gasteiger partial charge in [-0.2, -0.15) is 0 Å². The maximum atomic E-state index is 6.20. The highest BCUT2D eigenvalue weighted by molar-refractivity contribution is 6.62. The zero-order valence-electron chi connectivity index (χ0n) is 16.4. The van der Waals surface area contributed by atoms with Gasteiger partial charge in [-0.25, -0.2) is 9.97 Å². The van der Waals surface area contributed by atoms with E-state index in [0.29, 0.717) is 0 Å². The number of imidazole rings is 1. The van der Waals surface area contributed by atoms with Crippen LogP contribution in [0.2, 0.25) is 0 Å². The molecule has 5 rings (SSSR count). The van der Waals surface area contributed by atoms with E-state index in [4.69, 9.17) is 14.3 Å². The molecule has 0 saturated carbocycles. The topological polar surface area (TPSA) is 52.4 Å². The molecule has 0 spiro atoms. The molecule has 1 fully saturated rings. The van der Waals surface area contributed by atoms with Crippen LogP contribution in [0.25, 0.3) is 11.2 Å². The SMILES string of the molecule is CC1(C)OB(c2cnc3nc4n(c3c2)CCN(C2=CC=C2)CC4)OC1(C)C. The molecular weight excluding hydrogens is 339 g/mol. The third-order valence-electron chi connectivity index (χ3n) is 6.33. The van der Waals surface area contributed by atoms with Crippen LogP contribution in [0.5, 0.6) is 0 Å². The van der Waals surface area contributed by atoms with Crippen LogP contribution in [-0.4, -0.2) is 50.8 Å². The third-order valence-corrected chi connectivity index (χ3v) is 6.33. The Balaban J connectivity index is 1.46. The van der Waals surface area contributed by atoms with Crippen molar-refractivity contribution in [1.82, 2.24) is 19.4 Å². The first-order valence-electron chi connectivity index (χ1n) is 9.68. The second-order valence-electron chi connectivity index (χ2n) is 8.57. The van der Waals surface area contributed by atoms with Gasteiger partial charge in [0.05, 0.1) is 16.7 Å². The summed E-state index contributed by atoms with van der Waals surface area (Å²) in [7, 11) is -0.398. The summed E-state index contributed by atoms with van der Waals surface area (Å²) in [6.45, 7) is 11.2. The molecule has 0 atom stereocenters. The summed E-state index contributed by atoms with van der Waals surface area (Å²) in [6, 6.07) is 2.14. The van der Waals surface area contributed by atoms with Gasteiger partial charge in [-0.05, 0) is 45.9 Å². The minimum Gasteiger partial charge on any atom is -0.399 e. The molecule has 0 amide bonds. The molecule has 1 aliphatic carbocycles. The highest BCUT2D eigenvalue weighted by atomic mass is 16.7. The fourth-order valence-electron chi connectivity index (χ4n) is 3.84. The summed E-state index contributed by atoms with van der Waals surface area (Å²) in [5, 5.41) is 0. The lowest BCUT2D eigenvalue weighted by molar-refractivity contribution is 0.00578. The largest absolute Gasteiger partial charge is 0.496 e. The Labute approximate surface area is 160 Å². The number of fused-ring (bicyclic) bond motifs is 3. The molecule has 0 aromatic carbocycles. The number of hydrogen-bond donors (Lipinski definition) is 0. The van der Waals surface area contributed by atoms with Crippen molar-refractivity contribution in [2.24, 2.45) is 0 Å². The van der Waals surface area contributed by atoms with Gasteiger partial charge in [0.1, 0.15) is 5.82 Å². The number of rotatable bonds is 2. The number of allylic oxidation sites excluding steroid dienone is 3. The summed E-state index contributed by atoms with van der Waals surface area (Å²) in [4.78, 5) is 11.8. The maximum Gasteiger partial charge on any atom is 0.496 e. The Hall–Kier alpha value is -2.12. The monoisotopic (exact) mass is 364 g/mol. The van der Waals surface area contributed by atoms with Gasteiger partial charge >= 0.3 is 7.12 Å². The minimum absolute atomic E-state index is 0.356. The van der Waals surface area contributed by atoms with Crippen molar-refractivity contribution in [1.29, 1.82) is 0 Å². The van der Waals surface area contributed by atoms with Crippen LogP contribution in [0.15, 0.2) is 36.2 Å². The fourth-order valence-corrected chi connectivity index (χ4v) is 3.84. The van der Waals surface area contributed by atoms with Crippen LogP contribution in [0.3, 0.4) is 0 Å². The Kier molecular flexibility index (Phi) is 3.59. The van der Waals surface area contributed by atoms with Crippen molar-refractivity contribution < 1.29 is 9.31 Å². The van der Waals surface area contributed by atoms with Crippen molar-refractivity contribution in [2.45, 2.75) is 51.9 Å². The summed E-state index contributed by atoms with van der Waals surface area (Å²) in [6.07, 6.45) is 9.20. The molecule has 2 aliphatic heterocycles. The van der Waals surface area contributed by atoms with E-state index in [2.05, 4.69) is 66.4 Å². The Morgan fingerprint density at radius 3 is 2.48 bits per heavy atom. The maximum absolute atomic E-state index is 6.20. The minimum atomic E-state index is -0.398. The molecule has 140 valence electrons. The molecule has 2 aromatic heterocycles. The van der Waals surface area contributed by atoms with Gasteiger partial charge in [-0.15, -0.1) is 0 Å². The van der Waals surface area contributed by atoms with E-state index in [1.54, 1.807) is 0 Å². The molecule has 0 radical (unpaired) electrons. The first-order valence-corrected chi connectivity index (χ1v) is 9.68. The second-order valence-corrected chi connectivity index (χ2v) is 8.57. The zero-order valence-corrected chi connectivity index (χ0v) is 16.4. The van der Waals surface area contributed by atoms with Gasteiger partial charge < -0.3 is 18.8 Å². The molecule has 0 N–H and O–H groups in total. The lowest BCUT2D eigenvalue weighted by Gasteiger charge is -2.32. The average molecular weight is 364 g/mol. The summed E-state index contributed by atoms with van der Waals surface area (Å²) < 4.78 is 14.7. The van der Waals surface area contributed by atoms with Crippen LogP contribution < -0.4 is 5.46 Å². The predicted octanol–water partition coefficient (Wildman–Crippen LogP) is 2.04. The molecule has 7 heteroatoms. The Morgan fingerprint density at radius 1 is 1.07 bits per heavy atom. The highest BCUT2D eigenvalue weighted by Gasteiger charge is 2.51. The van der Waals surface area contributed by atoms with Crippen LogP contribution in [0.1, 0.15) is 33.5 Å². The van der Waals surface area contributed by atoms with E-state index in [1.807, 2.05) is 6.20 Å². The van der Waals surface area contributed by atoms with E-state index in [-0.39, 0.29) is 11.2 Å². The van der Waals surface area contributed by atoms with Crippen LogP contribution in [-0.2, 0) is 22.3 Å². The molecule has 1 saturated heterocycles. The van der Waals surface area contributed by atoms with Gasteiger partial charge in [-0.3, -0.25) is 0 Å². The van der Waals surface area contributed by atoms with Gasteiger partial charge in [0.25, 0.3) is 0 Å². The summed E-state index contributed by atoms with van der Waals surface area (Å²) in [5.41, 5.74) is 3.44. The Morgan fingerprint density at radius 2 is 1.81 bits per heavy atom. The van der Waals surface area contributed by atoms with Crippen molar-refractivity contribution in [3.8, 4) is 0 Å². The molecule has 4 heterocycles. The van der Waals surface area contributed by atoms with Crippen molar-refractivity contribution in [2.75, 3.05) is 13.1 Å². The fraction of sp³-hybridized carbons (Fsp3) is 0.500. The molecule has 0 bridgehead atoms. The third kappa shape index (κ3) is 2.64. The van der Waals surface area contributed by atoms with Gasteiger partial charge in [-0.1, -0.05) is 6.08 Å². The second kappa shape index (κ2) is 5.69. The van der Waals surface area contributed by atoms with Crippen molar-refractivity contribution >= 4 is 23.7 Å². The van der Waals surface area contributed by atoms with Gasteiger partial charge in [0.15, 0.2) is 5.65 Å². The van der Waals surface area contributed by atoms with Crippen LogP contribution >= 0.6 is 0 Å². The molecular formula is C20H25BN4O2. The summed E-state index contributed by atoms with van der Waals surface area (Å²) >= 11 is 0. The molecule has 2 aromatic rings. The zero-order chi connectivity index (χ0) is 18.8. The first kappa shape index (κ1) is 17.0. The normalized spacial score (nSPS) is 23.2. The van der Waals surface area contributed by atoms with Gasteiger partial charge in [0.2, 0.25) is 0 Å². The lowest BCUT2D eigenvalue weighted by Crippen LogP contribution is -2.41. The van der Waals surface area contributed by atoms with Crippen LogP contribution in [0.4, 0.5) is 0 Å². The van der Waals surface area contributed by atoms with E-state index in [0.717, 1.165) is 48.5 Å². The van der Waals surface area contributed by atoms with Crippen molar-refractivity contribution in [3.05, 3.63) is 42.0 Å². The molecule has 3 aliphatic rings. The molecule has 27 heavy (non-hydrogen) atoms. The van der Waals surface area contributed by atoms with E-state index >= 15 is 0 Å². The van der Waals surface area contributed by atoms with E-state index in [1.165, 1.54) is 5.70 Å². The average Bonchev–Trinajstić information content (AvgIpc) is 2.92. The first-order chi connectivity index (χ1) is 12.8. The lowest BCUT2D eigenvalue weighted by atomic mass is 9.80. The van der Waals surface area contributed by atoms with Crippen LogP contribution in [0, 0.1) is 0 Å². The Bertz CT molecular complexity index is 960. The standard InChI is InChI=1S/C20H25BN4O2/c1-19(2)20(3,4)27-21(26-19)14-12-16-18(22-13-14)23-17-8-9-24(10-11-25(16)17)15-6-5-7-15/h5-7,12-13H,8-11H2,1-4H3. The van der Waals surface area contributed by atoms with E-state index in [9.17, 15) is 0 Å². The van der Waals surface area contributed by atoms with Crippen molar-refractivity contribution in [3.63, 3.8) is 0 Å². The predicted molar refractivity (Wildman–Crippen MR) is 106 cm³/mol. The number of nitrogens with zero attached hydrogens (tertiary/aromatic N) is 4. The highest BCUT2D eigenvalue weighted by Crippen LogP contribution is 2.36. The number of hydrogen-bond acceptors (Lipinski definition) is 5. The smallest absolute Gasteiger partial charge is 0.399 e. The summed E-state index contributed by atoms with van der Waals surface area (Å²) in [5.74, 6) is 1.11. The molecule has 0 unspecified atom stereocenters. The number of aromatic nitrogens is 3. The van der Waals surface area contributed by atoms with E-state index < -0.39 is 7.12 Å².